The Morgan fingerprint density at radius 1 is 1.17 bits per heavy atom. The van der Waals surface area contributed by atoms with Gasteiger partial charge in [0.1, 0.15) is 17.7 Å². The van der Waals surface area contributed by atoms with Crippen LogP contribution in [0.2, 0.25) is 5.02 Å². The zero-order valence-electron chi connectivity index (χ0n) is 22.7. The summed E-state index contributed by atoms with van der Waals surface area (Å²) in [6.45, 7) is 3.32. The van der Waals surface area contributed by atoms with Gasteiger partial charge in [0.05, 0.1) is 47.3 Å². The molecule has 0 saturated carbocycles. The Balaban J connectivity index is 1.63. The van der Waals surface area contributed by atoms with Crippen LogP contribution in [0.4, 0.5) is 33.7 Å². The highest BCUT2D eigenvalue weighted by atomic mass is 35.5. The van der Waals surface area contributed by atoms with Crippen molar-refractivity contribution in [2.75, 3.05) is 35.9 Å². The number of carbonyl (C=O) groups is 2. The van der Waals surface area contributed by atoms with Crippen LogP contribution in [-0.4, -0.2) is 64.6 Å². The van der Waals surface area contributed by atoms with Crippen LogP contribution < -0.4 is 19.7 Å². The normalized spacial score (nSPS) is 18.3. The second-order valence-electron chi connectivity index (χ2n) is 10.4. The maximum atomic E-state index is 13.8. The van der Waals surface area contributed by atoms with Gasteiger partial charge in [0, 0.05) is 5.69 Å². The topological polar surface area (TPSA) is 123 Å². The summed E-state index contributed by atoms with van der Waals surface area (Å²) in [7, 11) is -4.43. The lowest BCUT2D eigenvalue weighted by Crippen LogP contribution is -2.56. The molecule has 230 valence electrons. The Hall–Kier alpha value is -3.30. The van der Waals surface area contributed by atoms with E-state index in [0.29, 0.717) is 20.3 Å². The van der Waals surface area contributed by atoms with E-state index in [0.717, 1.165) is 22.5 Å². The zero-order chi connectivity index (χ0) is 31.1. The zero-order valence-corrected chi connectivity index (χ0v) is 24.3. The van der Waals surface area contributed by atoms with Crippen molar-refractivity contribution in [3.8, 4) is 5.75 Å². The molecule has 2 aliphatic rings. The minimum Gasteiger partial charge on any atom is -0.484 e. The summed E-state index contributed by atoms with van der Waals surface area (Å²) < 4.78 is 97.3. The van der Waals surface area contributed by atoms with E-state index in [4.69, 9.17) is 21.1 Å². The fourth-order valence-electron chi connectivity index (χ4n) is 4.16. The minimum atomic E-state index is -4.85. The standard InChI is InChI=1S/C26H28ClF4N3O7S/c1-4-25(13-39-14-25)22(35)32-11-16-12-34(42(37,38)17-6-7-19(28)18(27)10-17)20-9-15(5-8-21(20)40-16)33-23(36)41-24(2,3)26(29,30)31/h5-10,16H,4,11-14H2,1-3H3,(H,32,35)(H,33,36). The molecule has 1 atom stereocenters. The summed E-state index contributed by atoms with van der Waals surface area (Å²) >= 11 is 5.83. The monoisotopic (exact) mass is 637 g/mol. The fourth-order valence-corrected chi connectivity index (χ4v) is 5.93. The molecule has 0 bridgehead atoms. The smallest absolute Gasteiger partial charge is 0.427 e. The Labute approximate surface area is 244 Å². The average molecular weight is 638 g/mol. The Bertz CT molecular complexity index is 1480. The lowest BCUT2D eigenvalue weighted by atomic mass is 9.82. The first-order valence-electron chi connectivity index (χ1n) is 12.7. The third-order valence-corrected chi connectivity index (χ3v) is 9.12. The van der Waals surface area contributed by atoms with Gasteiger partial charge in [-0.3, -0.25) is 14.4 Å². The molecule has 4 rings (SSSR count). The summed E-state index contributed by atoms with van der Waals surface area (Å²) in [5.74, 6) is -1.08. The quantitative estimate of drug-likeness (QED) is 0.396. The van der Waals surface area contributed by atoms with Gasteiger partial charge in [-0.2, -0.15) is 13.2 Å². The first-order chi connectivity index (χ1) is 19.5. The van der Waals surface area contributed by atoms with E-state index in [1.54, 1.807) is 0 Å². The van der Waals surface area contributed by atoms with E-state index < -0.39 is 50.3 Å². The van der Waals surface area contributed by atoms with E-state index in [2.05, 4.69) is 15.4 Å². The van der Waals surface area contributed by atoms with E-state index in [1.807, 2.05) is 6.92 Å². The van der Waals surface area contributed by atoms with Gasteiger partial charge in [0.2, 0.25) is 11.5 Å². The Morgan fingerprint density at radius 2 is 1.86 bits per heavy atom. The number of nitrogens with one attached hydrogen (secondary N) is 2. The molecule has 2 N–H and O–H groups in total. The Morgan fingerprint density at radius 3 is 2.43 bits per heavy atom. The number of nitrogens with zero attached hydrogens (tertiary/aromatic N) is 1. The molecule has 2 aromatic rings. The number of amides is 2. The lowest BCUT2D eigenvalue weighted by Gasteiger charge is -2.40. The van der Waals surface area contributed by atoms with Crippen molar-refractivity contribution in [3.63, 3.8) is 0 Å². The molecule has 2 amide bonds. The summed E-state index contributed by atoms with van der Waals surface area (Å²) in [6.07, 6.45) is -6.61. The van der Waals surface area contributed by atoms with Crippen LogP contribution in [0.3, 0.4) is 0 Å². The van der Waals surface area contributed by atoms with Gasteiger partial charge in [-0.05, 0) is 56.7 Å². The summed E-state index contributed by atoms with van der Waals surface area (Å²) in [5, 5.41) is 4.49. The minimum absolute atomic E-state index is 0.0315. The third kappa shape index (κ3) is 6.22. The number of fused-ring (bicyclic) bond motifs is 1. The van der Waals surface area contributed by atoms with Crippen LogP contribution in [-0.2, 0) is 24.3 Å². The average Bonchev–Trinajstić information content (AvgIpc) is 2.87. The van der Waals surface area contributed by atoms with Crippen molar-refractivity contribution in [1.82, 2.24) is 5.32 Å². The van der Waals surface area contributed by atoms with E-state index >= 15 is 0 Å². The second-order valence-corrected chi connectivity index (χ2v) is 12.7. The summed E-state index contributed by atoms with van der Waals surface area (Å²) in [6, 6.07) is 6.59. The van der Waals surface area contributed by atoms with Crippen LogP contribution >= 0.6 is 11.6 Å². The van der Waals surface area contributed by atoms with E-state index in [9.17, 15) is 35.6 Å². The van der Waals surface area contributed by atoms with Gasteiger partial charge < -0.3 is 19.5 Å². The predicted octanol–water partition coefficient (Wildman–Crippen LogP) is 4.87. The summed E-state index contributed by atoms with van der Waals surface area (Å²) in [5.41, 5.74) is -3.66. The highest BCUT2D eigenvalue weighted by Crippen LogP contribution is 2.40. The van der Waals surface area contributed by atoms with E-state index in [-0.39, 0.29) is 54.2 Å². The number of hydrogen-bond donors (Lipinski definition) is 2. The van der Waals surface area contributed by atoms with Gasteiger partial charge in [-0.25, -0.2) is 17.6 Å². The second kappa shape index (κ2) is 11.4. The predicted molar refractivity (Wildman–Crippen MR) is 144 cm³/mol. The number of benzene rings is 2. The fraction of sp³-hybridized carbons (Fsp3) is 0.462. The molecule has 0 aromatic heterocycles. The maximum absolute atomic E-state index is 13.8. The van der Waals surface area contributed by atoms with Crippen LogP contribution in [0.15, 0.2) is 41.3 Å². The van der Waals surface area contributed by atoms with Gasteiger partial charge >= 0.3 is 12.3 Å². The number of carbonyl (C=O) groups excluding carboxylic acids is 2. The first kappa shape index (κ1) is 31.6. The van der Waals surface area contributed by atoms with Gasteiger partial charge in [0.15, 0.2) is 0 Å². The molecule has 0 radical (unpaired) electrons. The van der Waals surface area contributed by atoms with E-state index in [1.165, 1.54) is 18.2 Å². The highest BCUT2D eigenvalue weighted by Gasteiger charge is 2.51. The number of rotatable bonds is 8. The molecule has 10 nitrogen and oxygen atoms in total. The molecular formula is C26H28ClF4N3O7S. The third-order valence-electron chi connectivity index (χ3n) is 7.05. The number of halogens is 5. The van der Waals surface area contributed by atoms with Crippen molar-refractivity contribution in [1.29, 1.82) is 0 Å². The van der Waals surface area contributed by atoms with Crippen molar-refractivity contribution in [2.24, 2.45) is 5.41 Å². The van der Waals surface area contributed by atoms with Gasteiger partial charge in [-0.1, -0.05) is 18.5 Å². The molecule has 2 aromatic carbocycles. The SMILES string of the molecule is CCC1(C(=O)NCC2CN(S(=O)(=O)c3ccc(F)c(Cl)c3)c3cc(NC(=O)OC(C)(C)C(F)(F)F)ccc3O2)COC1. The molecule has 1 unspecified atom stereocenters. The summed E-state index contributed by atoms with van der Waals surface area (Å²) in [4.78, 5) is 24.7. The van der Waals surface area contributed by atoms with Crippen molar-refractivity contribution < 1.29 is 49.8 Å². The Kier molecular flexibility index (Phi) is 8.60. The van der Waals surface area contributed by atoms with Crippen LogP contribution in [0.1, 0.15) is 27.2 Å². The molecule has 1 saturated heterocycles. The van der Waals surface area contributed by atoms with Crippen LogP contribution in [0.5, 0.6) is 5.75 Å². The molecule has 0 spiro atoms. The number of hydrogen-bond acceptors (Lipinski definition) is 7. The number of anilines is 2. The van der Waals surface area contributed by atoms with Crippen molar-refractivity contribution in [3.05, 3.63) is 47.2 Å². The number of alkyl halides is 3. The lowest BCUT2D eigenvalue weighted by molar-refractivity contribution is -0.242. The molecule has 2 heterocycles. The van der Waals surface area contributed by atoms with Gasteiger partial charge in [0.25, 0.3) is 10.0 Å². The van der Waals surface area contributed by atoms with Crippen LogP contribution in [0, 0.1) is 11.2 Å². The molecule has 0 aliphatic carbocycles. The molecular weight excluding hydrogens is 610 g/mol. The molecule has 16 heteroatoms. The first-order valence-corrected chi connectivity index (χ1v) is 14.5. The highest BCUT2D eigenvalue weighted by molar-refractivity contribution is 7.92. The largest absolute Gasteiger partial charge is 0.484 e. The molecule has 2 aliphatic heterocycles. The molecule has 42 heavy (non-hydrogen) atoms. The van der Waals surface area contributed by atoms with Crippen molar-refractivity contribution >= 4 is 45.0 Å². The number of ether oxygens (including phenoxy) is 3. The van der Waals surface area contributed by atoms with Crippen molar-refractivity contribution in [2.45, 2.75) is 50.0 Å². The number of sulfonamides is 1. The van der Waals surface area contributed by atoms with Gasteiger partial charge in [-0.15, -0.1) is 0 Å². The molecule has 1 fully saturated rings. The van der Waals surface area contributed by atoms with Crippen LogP contribution in [0.25, 0.3) is 0 Å². The maximum Gasteiger partial charge on any atom is 0.427 e.